The van der Waals surface area contributed by atoms with Crippen LogP contribution in [0.25, 0.3) is 11.1 Å². The summed E-state index contributed by atoms with van der Waals surface area (Å²) in [6, 6.07) is 21.1. The van der Waals surface area contributed by atoms with Gasteiger partial charge in [0.1, 0.15) is 0 Å². The van der Waals surface area contributed by atoms with Gasteiger partial charge in [-0.1, -0.05) is 60.2 Å². The van der Waals surface area contributed by atoms with Crippen molar-refractivity contribution in [3.05, 3.63) is 94.5 Å². The number of Topliss-reactive ketones (excluding diaryl/α,β-unsaturated/α-hetero) is 1. The Bertz CT molecular complexity index is 1030. The Hall–Kier alpha value is -3.20. The fraction of sp³-hybridized carbons (Fsp3) is 0.167. The number of hydrogen-bond donors (Lipinski definition) is 1. The molecule has 0 amide bonds. The van der Waals surface area contributed by atoms with Crippen LogP contribution in [0.15, 0.2) is 66.7 Å². The zero-order valence-electron chi connectivity index (χ0n) is 15.1. The summed E-state index contributed by atoms with van der Waals surface area (Å²) in [5.74, 6) is -0.850. The van der Waals surface area contributed by atoms with Gasteiger partial charge >= 0.3 is 5.97 Å². The third kappa shape index (κ3) is 3.28. The largest absolute Gasteiger partial charge is 0.478 e. The van der Waals surface area contributed by atoms with E-state index in [4.69, 9.17) is 5.11 Å². The van der Waals surface area contributed by atoms with E-state index >= 15 is 0 Å². The Morgan fingerprint density at radius 2 is 1.70 bits per heavy atom. The molecule has 1 aliphatic rings. The van der Waals surface area contributed by atoms with Crippen LogP contribution < -0.4 is 0 Å². The van der Waals surface area contributed by atoms with Gasteiger partial charge in [-0.2, -0.15) is 0 Å². The van der Waals surface area contributed by atoms with Gasteiger partial charge in [0.05, 0.1) is 5.56 Å². The summed E-state index contributed by atoms with van der Waals surface area (Å²) in [5.41, 5.74) is 6.68. The molecule has 0 radical (unpaired) electrons. The van der Waals surface area contributed by atoms with Gasteiger partial charge in [-0.3, -0.25) is 4.79 Å². The molecule has 0 aromatic heterocycles. The first-order valence-corrected chi connectivity index (χ1v) is 9.08. The minimum absolute atomic E-state index is 0.0957. The quantitative estimate of drug-likeness (QED) is 0.719. The zero-order chi connectivity index (χ0) is 19.0. The molecule has 4 rings (SSSR count). The van der Waals surface area contributed by atoms with E-state index in [-0.39, 0.29) is 17.3 Å². The molecule has 1 N–H and O–H groups in total. The molecule has 0 saturated heterocycles. The first kappa shape index (κ1) is 17.2. The highest BCUT2D eigenvalue weighted by molar-refractivity contribution is 6.04. The van der Waals surface area contributed by atoms with Crippen LogP contribution in [0.1, 0.15) is 37.4 Å². The summed E-state index contributed by atoms with van der Waals surface area (Å²) in [4.78, 5) is 23.9. The zero-order valence-corrected chi connectivity index (χ0v) is 15.1. The highest BCUT2D eigenvalue weighted by Gasteiger charge is 2.32. The number of carboxylic acid groups (broad SMARTS) is 1. The van der Waals surface area contributed by atoms with E-state index in [2.05, 4.69) is 31.2 Å². The molecule has 1 aliphatic carbocycles. The predicted octanol–water partition coefficient (Wildman–Crippen LogP) is 4.96. The number of aryl methyl sites for hydroxylation is 1. The van der Waals surface area contributed by atoms with E-state index < -0.39 is 5.97 Å². The van der Waals surface area contributed by atoms with E-state index in [0.29, 0.717) is 6.42 Å². The Morgan fingerprint density at radius 3 is 2.41 bits per heavy atom. The molecule has 3 heteroatoms. The van der Waals surface area contributed by atoms with Crippen LogP contribution in [0.5, 0.6) is 0 Å². The van der Waals surface area contributed by atoms with E-state index in [1.54, 1.807) is 24.3 Å². The number of ketones is 1. The summed E-state index contributed by atoms with van der Waals surface area (Å²) < 4.78 is 0. The second kappa shape index (κ2) is 6.84. The molecule has 3 aromatic rings. The fourth-order valence-corrected chi connectivity index (χ4v) is 3.91. The lowest BCUT2D eigenvalue weighted by Crippen LogP contribution is -2.12. The Kier molecular flexibility index (Phi) is 4.36. The Morgan fingerprint density at radius 1 is 1.00 bits per heavy atom. The van der Waals surface area contributed by atoms with Gasteiger partial charge in [0, 0.05) is 11.5 Å². The van der Waals surface area contributed by atoms with E-state index in [1.165, 1.54) is 5.56 Å². The average molecular weight is 356 g/mol. The van der Waals surface area contributed by atoms with Crippen LogP contribution in [0.3, 0.4) is 0 Å². The maximum Gasteiger partial charge on any atom is 0.335 e. The number of rotatable bonds is 4. The third-order valence-electron chi connectivity index (χ3n) is 5.27. The van der Waals surface area contributed by atoms with Crippen molar-refractivity contribution in [2.75, 3.05) is 0 Å². The maximum atomic E-state index is 12.9. The van der Waals surface area contributed by atoms with Crippen LogP contribution in [0.2, 0.25) is 0 Å². The second-order valence-corrected chi connectivity index (χ2v) is 7.17. The summed E-state index contributed by atoms with van der Waals surface area (Å²) in [5, 5.41) is 9.02. The molecule has 1 atom stereocenters. The number of carbonyl (C=O) groups excluding carboxylic acids is 1. The number of benzene rings is 3. The van der Waals surface area contributed by atoms with Gasteiger partial charge in [0.2, 0.25) is 0 Å². The Balaban J connectivity index is 1.62. The molecular weight excluding hydrogens is 336 g/mol. The molecule has 1 unspecified atom stereocenters. The molecule has 3 nitrogen and oxygen atoms in total. The van der Waals surface area contributed by atoms with Crippen molar-refractivity contribution < 1.29 is 14.7 Å². The molecule has 3 aromatic carbocycles. The molecule has 0 saturated carbocycles. The standard InChI is InChI=1S/C24H20O3/c1-15-4-2-5-18(12-15)20-6-3-7-21-22(20)14-19(23(21)25)13-16-8-10-17(11-9-16)24(26)27/h2-12,19H,13-14H2,1H3,(H,26,27). The lowest BCUT2D eigenvalue weighted by atomic mass is 9.94. The van der Waals surface area contributed by atoms with Crippen molar-refractivity contribution in [2.45, 2.75) is 19.8 Å². The number of carboxylic acids is 1. The Labute approximate surface area is 158 Å². The van der Waals surface area contributed by atoms with Crippen LogP contribution in [-0.2, 0) is 12.8 Å². The van der Waals surface area contributed by atoms with Gasteiger partial charge in [-0.15, -0.1) is 0 Å². The normalized spacial score (nSPS) is 15.6. The summed E-state index contributed by atoms with van der Waals surface area (Å²) in [6.07, 6.45) is 1.35. The van der Waals surface area contributed by atoms with Crippen LogP contribution in [0.4, 0.5) is 0 Å². The van der Waals surface area contributed by atoms with Crippen LogP contribution in [-0.4, -0.2) is 16.9 Å². The van der Waals surface area contributed by atoms with Crippen molar-refractivity contribution in [1.29, 1.82) is 0 Å². The van der Waals surface area contributed by atoms with Crippen molar-refractivity contribution in [3.63, 3.8) is 0 Å². The molecule has 0 fully saturated rings. The molecule has 134 valence electrons. The monoisotopic (exact) mass is 356 g/mol. The SMILES string of the molecule is Cc1cccc(-c2cccc3c2CC(Cc2ccc(C(=O)O)cc2)C3=O)c1. The molecule has 0 bridgehead atoms. The summed E-state index contributed by atoms with van der Waals surface area (Å²) in [7, 11) is 0. The molecule has 0 spiro atoms. The van der Waals surface area contributed by atoms with Crippen molar-refractivity contribution in [3.8, 4) is 11.1 Å². The lowest BCUT2D eigenvalue weighted by Gasteiger charge is -2.10. The van der Waals surface area contributed by atoms with Gasteiger partial charge in [-0.25, -0.2) is 4.79 Å². The van der Waals surface area contributed by atoms with E-state index in [9.17, 15) is 9.59 Å². The van der Waals surface area contributed by atoms with Crippen molar-refractivity contribution in [1.82, 2.24) is 0 Å². The first-order valence-electron chi connectivity index (χ1n) is 9.08. The molecule has 0 aliphatic heterocycles. The smallest absolute Gasteiger partial charge is 0.335 e. The van der Waals surface area contributed by atoms with Gasteiger partial charge < -0.3 is 5.11 Å². The van der Waals surface area contributed by atoms with Crippen molar-refractivity contribution >= 4 is 11.8 Å². The number of fused-ring (bicyclic) bond motifs is 1. The average Bonchev–Trinajstić information content (AvgIpc) is 2.98. The van der Waals surface area contributed by atoms with Gasteiger partial charge in [0.25, 0.3) is 0 Å². The minimum Gasteiger partial charge on any atom is -0.478 e. The molecular formula is C24H20O3. The predicted molar refractivity (Wildman–Crippen MR) is 105 cm³/mol. The minimum atomic E-state index is -0.936. The summed E-state index contributed by atoms with van der Waals surface area (Å²) in [6.45, 7) is 2.07. The summed E-state index contributed by atoms with van der Waals surface area (Å²) >= 11 is 0. The highest BCUT2D eigenvalue weighted by atomic mass is 16.4. The van der Waals surface area contributed by atoms with Crippen LogP contribution in [0, 0.1) is 12.8 Å². The van der Waals surface area contributed by atoms with Crippen LogP contribution >= 0.6 is 0 Å². The third-order valence-corrected chi connectivity index (χ3v) is 5.27. The molecule has 0 heterocycles. The lowest BCUT2D eigenvalue weighted by molar-refractivity contribution is 0.0696. The molecule has 27 heavy (non-hydrogen) atoms. The van der Waals surface area contributed by atoms with E-state index in [0.717, 1.165) is 34.2 Å². The van der Waals surface area contributed by atoms with Crippen molar-refractivity contribution in [2.24, 2.45) is 5.92 Å². The fourth-order valence-electron chi connectivity index (χ4n) is 3.91. The van der Waals surface area contributed by atoms with Gasteiger partial charge in [-0.05, 0) is 54.2 Å². The highest BCUT2D eigenvalue weighted by Crippen LogP contribution is 2.36. The number of hydrogen-bond acceptors (Lipinski definition) is 2. The van der Waals surface area contributed by atoms with Gasteiger partial charge in [0.15, 0.2) is 5.78 Å². The topological polar surface area (TPSA) is 54.4 Å². The van der Waals surface area contributed by atoms with E-state index in [1.807, 2.05) is 18.2 Å². The number of aromatic carboxylic acids is 1. The maximum absolute atomic E-state index is 12.9. The first-order chi connectivity index (χ1) is 13.0. The number of carbonyl (C=O) groups is 2. The second-order valence-electron chi connectivity index (χ2n) is 7.17.